The summed E-state index contributed by atoms with van der Waals surface area (Å²) in [6.07, 6.45) is 4.71. The number of nitrogens with one attached hydrogen (secondary N) is 2. The van der Waals surface area contributed by atoms with Gasteiger partial charge in [-0.2, -0.15) is 0 Å². The Morgan fingerprint density at radius 2 is 2.00 bits per heavy atom. The lowest BCUT2D eigenvalue weighted by Gasteiger charge is -2.24. The van der Waals surface area contributed by atoms with Crippen LogP contribution in [0.15, 0.2) is 35.7 Å². The van der Waals surface area contributed by atoms with Crippen molar-refractivity contribution in [2.24, 2.45) is 5.92 Å². The number of hydrogen-bond donors (Lipinski definition) is 2. The van der Waals surface area contributed by atoms with E-state index in [9.17, 15) is 9.59 Å². The molecule has 0 saturated heterocycles. The van der Waals surface area contributed by atoms with Gasteiger partial charge in [0.1, 0.15) is 0 Å². The zero-order valence-electron chi connectivity index (χ0n) is 16.2. The molecule has 1 aromatic carbocycles. The summed E-state index contributed by atoms with van der Waals surface area (Å²) in [6, 6.07) is 9.14. The molecule has 1 atom stereocenters. The second kappa shape index (κ2) is 9.59. The van der Waals surface area contributed by atoms with Crippen molar-refractivity contribution in [3.8, 4) is 11.5 Å². The molecule has 1 unspecified atom stereocenters. The molecule has 0 aliphatic heterocycles. The van der Waals surface area contributed by atoms with Crippen LogP contribution in [0.5, 0.6) is 11.5 Å². The van der Waals surface area contributed by atoms with Crippen molar-refractivity contribution >= 4 is 23.2 Å². The Labute approximate surface area is 169 Å². The Kier molecular flexibility index (Phi) is 6.92. The summed E-state index contributed by atoms with van der Waals surface area (Å²) in [5, 5.41) is 7.76. The second-order valence-corrected chi connectivity index (χ2v) is 7.82. The van der Waals surface area contributed by atoms with E-state index in [1.165, 1.54) is 24.8 Å². The van der Waals surface area contributed by atoms with Crippen molar-refractivity contribution in [1.82, 2.24) is 10.6 Å². The monoisotopic (exact) mass is 402 g/mol. The van der Waals surface area contributed by atoms with Crippen molar-refractivity contribution in [3.05, 3.63) is 46.2 Å². The van der Waals surface area contributed by atoms with Gasteiger partial charge in [0.2, 0.25) is 0 Å². The van der Waals surface area contributed by atoms with Crippen LogP contribution in [0.4, 0.5) is 0 Å². The van der Waals surface area contributed by atoms with Crippen LogP contribution in [0, 0.1) is 5.92 Å². The topological polar surface area (TPSA) is 76.7 Å². The molecule has 0 spiro atoms. The van der Waals surface area contributed by atoms with Crippen molar-refractivity contribution in [2.45, 2.75) is 31.7 Å². The van der Waals surface area contributed by atoms with Crippen LogP contribution in [0.2, 0.25) is 0 Å². The van der Waals surface area contributed by atoms with Crippen LogP contribution < -0.4 is 20.1 Å². The number of carbonyl (C=O) groups is 2. The zero-order valence-corrected chi connectivity index (χ0v) is 17.0. The Morgan fingerprint density at radius 1 is 1.21 bits per heavy atom. The molecule has 0 bridgehead atoms. The lowest BCUT2D eigenvalue weighted by atomic mass is 9.96. The first-order valence-electron chi connectivity index (χ1n) is 9.48. The molecule has 150 valence electrons. The average molecular weight is 403 g/mol. The molecule has 2 amide bonds. The third-order valence-corrected chi connectivity index (χ3v) is 6.03. The Balaban J connectivity index is 1.74. The van der Waals surface area contributed by atoms with E-state index in [4.69, 9.17) is 9.47 Å². The normalized spacial score (nSPS) is 15.1. The fourth-order valence-electron chi connectivity index (χ4n) is 3.55. The Bertz CT molecular complexity index is 801. The maximum Gasteiger partial charge on any atom is 0.257 e. The maximum atomic E-state index is 12.9. The molecular weight excluding hydrogens is 376 g/mol. The van der Waals surface area contributed by atoms with Crippen LogP contribution in [-0.4, -0.2) is 32.6 Å². The Morgan fingerprint density at radius 3 is 2.64 bits per heavy atom. The van der Waals surface area contributed by atoms with Crippen molar-refractivity contribution in [2.75, 3.05) is 20.8 Å². The molecule has 1 saturated carbocycles. The fourth-order valence-corrected chi connectivity index (χ4v) is 4.42. The fraction of sp³-hybridized carbons (Fsp3) is 0.429. The van der Waals surface area contributed by atoms with Gasteiger partial charge in [-0.3, -0.25) is 9.59 Å². The van der Waals surface area contributed by atoms with Crippen LogP contribution in [-0.2, 0) is 4.79 Å². The largest absolute Gasteiger partial charge is 0.493 e. The van der Waals surface area contributed by atoms with Gasteiger partial charge >= 0.3 is 0 Å². The quantitative estimate of drug-likeness (QED) is 0.708. The highest BCUT2D eigenvalue weighted by molar-refractivity contribution is 7.10. The Hall–Kier alpha value is -2.54. The molecule has 3 rings (SSSR count). The molecule has 1 aromatic heterocycles. The van der Waals surface area contributed by atoms with Crippen molar-refractivity contribution < 1.29 is 19.1 Å². The molecule has 1 heterocycles. The highest BCUT2D eigenvalue weighted by Gasteiger charge is 2.29. The van der Waals surface area contributed by atoms with Crippen molar-refractivity contribution in [1.29, 1.82) is 0 Å². The molecule has 2 N–H and O–H groups in total. The summed E-state index contributed by atoms with van der Waals surface area (Å²) in [6.45, 7) is -0.111. The van der Waals surface area contributed by atoms with Gasteiger partial charge < -0.3 is 20.1 Å². The number of methoxy groups -OCH3 is 1. The van der Waals surface area contributed by atoms with E-state index in [1.54, 1.807) is 36.6 Å². The summed E-state index contributed by atoms with van der Waals surface area (Å²) in [7, 11) is 3.06. The summed E-state index contributed by atoms with van der Waals surface area (Å²) >= 11 is 1.68. The number of rotatable bonds is 8. The van der Waals surface area contributed by atoms with Gasteiger partial charge in [0, 0.05) is 17.5 Å². The number of hydrogen-bond acceptors (Lipinski definition) is 5. The minimum Gasteiger partial charge on any atom is -0.493 e. The standard InChI is InChI=1S/C21H26N2O4S/c1-22-19(24)13-27-16-10-9-15(12-17(16)26-2)21(25)23-20(14-6-3-4-7-14)18-8-5-11-28-18/h5,8-12,14,20H,3-4,6-7,13H2,1-2H3,(H,22,24)(H,23,25). The summed E-state index contributed by atoms with van der Waals surface area (Å²) in [5.41, 5.74) is 0.503. The maximum absolute atomic E-state index is 12.9. The molecule has 2 aromatic rings. The first-order valence-corrected chi connectivity index (χ1v) is 10.4. The van der Waals surface area contributed by atoms with Crippen molar-refractivity contribution in [3.63, 3.8) is 0 Å². The zero-order chi connectivity index (χ0) is 19.9. The third kappa shape index (κ3) is 4.84. The van der Waals surface area contributed by atoms with Gasteiger partial charge in [-0.1, -0.05) is 18.9 Å². The highest BCUT2D eigenvalue weighted by atomic mass is 32.1. The highest BCUT2D eigenvalue weighted by Crippen LogP contribution is 2.37. The van der Waals surface area contributed by atoms with Crippen LogP contribution in [0.1, 0.15) is 47.0 Å². The predicted octanol–water partition coefficient (Wildman–Crippen LogP) is 3.54. The number of ether oxygens (including phenoxy) is 2. The molecule has 1 fully saturated rings. The van der Waals surface area contributed by atoms with E-state index < -0.39 is 0 Å². The minimum atomic E-state index is -0.237. The number of carbonyl (C=O) groups excluding carboxylic acids is 2. The van der Waals surface area contributed by atoms with Crippen LogP contribution in [0.25, 0.3) is 0 Å². The van der Waals surface area contributed by atoms with Gasteiger partial charge in [0.15, 0.2) is 18.1 Å². The van der Waals surface area contributed by atoms with E-state index in [0.717, 1.165) is 12.8 Å². The van der Waals surface area contributed by atoms with E-state index in [-0.39, 0.29) is 24.5 Å². The molecule has 0 radical (unpaired) electrons. The summed E-state index contributed by atoms with van der Waals surface area (Å²) in [4.78, 5) is 25.5. The van der Waals surface area contributed by atoms with Gasteiger partial charge in [-0.15, -0.1) is 11.3 Å². The third-order valence-electron chi connectivity index (χ3n) is 5.07. The van der Waals surface area contributed by atoms with Crippen LogP contribution >= 0.6 is 11.3 Å². The lowest BCUT2D eigenvalue weighted by molar-refractivity contribution is -0.122. The van der Waals surface area contributed by atoms with Gasteiger partial charge in [-0.25, -0.2) is 0 Å². The average Bonchev–Trinajstić information content (AvgIpc) is 3.44. The van der Waals surface area contributed by atoms with E-state index in [2.05, 4.69) is 16.7 Å². The van der Waals surface area contributed by atoms with E-state index in [1.807, 2.05) is 11.4 Å². The molecule has 6 nitrogen and oxygen atoms in total. The smallest absolute Gasteiger partial charge is 0.257 e. The summed E-state index contributed by atoms with van der Waals surface area (Å²) in [5.74, 6) is 0.943. The van der Waals surface area contributed by atoms with Gasteiger partial charge in [-0.05, 0) is 48.4 Å². The predicted molar refractivity (Wildman–Crippen MR) is 109 cm³/mol. The summed E-state index contributed by atoms with van der Waals surface area (Å²) < 4.78 is 10.8. The number of benzene rings is 1. The van der Waals surface area contributed by atoms with Crippen LogP contribution in [0.3, 0.4) is 0 Å². The molecular formula is C21H26N2O4S. The minimum absolute atomic E-state index is 0.0326. The number of amides is 2. The molecule has 1 aliphatic rings. The SMILES string of the molecule is CNC(=O)COc1ccc(C(=O)NC(c2cccs2)C2CCCC2)cc1OC. The first kappa shape index (κ1) is 20.2. The first-order chi connectivity index (χ1) is 13.6. The second-order valence-electron chi connectivity index (χ2n) is 6.84. The van der Waals surface area contributed by atoms with E-state index in [0.29, 0.717) is 23.0 Å². The molecule has 28 heavy (non-hydrogen) atoms. The van der Waals surface area contributed by atoms with E-state index >= 15 is 0 Å². The molecule has 1 aliphatic carbocycles. The number of likely N-dealkylation sites (N-methyl/N-ethyl adjacent to an activating group) is 1. The lowest BCUT2D eigenvalue weighted by Crippen LogP contribution is -2.32. The van der Waals surface area contributed by atoms with Gasteiger partial charge in [0.25, 0.3) is 11.8 Å². The van der Waals surface area contributed by atoms with Gasteiger partial charge in [0.05, 0.1) is 13.2 Å². The number of thiophene rings is 1. The molecule has 7 heteroatoms.